The van der Waals surface area contributed by atoms with Gasteiger partial charge >= 0.3 is 5.97 Å². The fraction of sp³-hybridized carbons (Fsp3) is 0.517. The summed E-state index contributed by atoms with van der Waals surface area (Å²) in [7, 11) is 1.37. The summed E-state index contributed by atoms with van der Waals surface area (Å²) in [5.41, 5.74) is 4.34. The van der Waals surface area contributed by atoms with E-state index in [1.165, 1.54) is 51.2 Å². The maximum absolute atomic E-state index is 13.9. The Morgan fingerprint density at radius 1 is 1.03 bits per heavy atom. The highest BCUT2D eigenvalue weighted by molar-refractivity contribution is 6.30. The van der Waals surface area contributed by atoms with E-state index in [1.807, 2.05) is 12.1 Å². The Hall–Kier alpha value is -2.53. The minimum atomic E-state index is -0.486. The Morgan fingerprint density at radius 2 is 1.69 bits per heavy atom. The molecule has 0 bridgehead atoms. The maximum atomic E-state index is 13.9. The van der Waals surface area contributed by atoms with E-state index in [2.05, 4.69) is 35.8 Å². The zero-order chi connectivity index (χ0) is 24.8. The van der Waals surface area contributed by atoms with E-state index in [9.17, 15) is 9.59 Å². The lowest BCUT2D eigenvalue weighted by Gasteiger charge is -2.30. The summed E-state index contributed by atoms with van der Waals surface area (Å²) in [4.78, 5) is 26.1. The molecule has 2 aromatic carbocycles. The van der Waals surface area contributed by atoms with Gasteiger partial charge in [-0.05, 0) is 54.5 Å². The monoisotopic (exact) mass is 496 g/mol. The molecular weight excluding hydrogens is 460 g/mol. The molecular formula is C29H37ClN2O3. The number of fused-ring (bicyclic) bond motifs is 1. The SMILES string of the molecule is COC(=O)C[C@H](NC(=O)C1Nc2c(C)cccc2C1C1CCCCCCCC1)c1ccc(Cl)cc1. The van der Waals surface area contributed by atoms with Crippen molar-refractivity contribution in [2.75, 3.05) is 12.4 Å². The quantitative estimate of drug-likeness (QED) is 0.437. The first-order chi connectivity index (χ1) is 17.0. The van der Waals surface area contributed by atoms with Crippen molar-refractivity contribution < 1.29 is 14.3 Å². The zero-order valence-corrected chi connectivity index (χ0v) is 21.6. The van der Waals surface area contributed by atoms with Gasteiger partial charge in [0.25, 0.3) is 0 Å². The second kappa shape index (κ2) is 11.9. The van der Waals surface area contributed by atoms with Crippen LogP contribution in [0.3, 0.4) is 0 Å². The van der Waals surface area contributed by atoms with Crippen LogP contribution in [0.15, 0.2) is 42.5 Å². The topological polar surface area (TPSA) is 67.4 Å². The highest BCUT2D eigenvalue weighted by Gasteiger charge is 2.42. The van der Waals surface area contributed by atoms with Gasteiger partial charge in [-0.1, -0.05) is 80.5 Å². The average molecular weight is 497 g/mol. The first-order valence-corrected chi connectivity index (χ1v) is 13.3. The lowest BCUT2D eigenvalue weighted by molar-refractivity contribution is -0.141. The maximum Gasteiger partial charge on any atom is 0.307 e. The molecule has 1 amide bonds. The van der Waals surface area contributed by atoms with Crippen LogP contribution >= 0.6 is 11.6 Å². The number of methoxy groups -OCH3 is 1. The molecule has 1 fully saturated rings. The van der Waals surface area contributed by atoms with Crippen molar-refractivity contribution in [2.45, 2.75) is 82.7 Å². The second-order valence-corrected chi connectivity index (χ2v) is 10.5. The number of para-hydroxylation sites is 1. The fourth-order valence-corrected chi connectivity index (χ4v) is 5.95. The number of esters is 1. The molecule has 2 N–H and O–H groups in total. The van der Waals surface area contributed by atoms with Crippen LogP contribution in [-0.2, 0) is 14.3 Å². The number of halogens is 1. The molecule has 3 atom stereocenters. The molecule has 1 aliphatic heterocycles. The van der Waals surface area contributed by atoms with Gasteiger partial charge < -0.3 is 15.4 Å². The molecule has 6 heteroatoms. The fourth-order valence-electron chi connectivity index (χ4n) is 5.83. The molecule has 1 heterocycles. The molecule has 4 rings (SSSR count). The molecule has 188 valence electrons. The number of nitrogens with one attached hydrogen (secondary N) is 2. The Morgan fingerprint density at radius 3 is 2.34 bits per heavy atom. The minimum Gasteiger partial charge on any atom is -0.469 e. The third-order valence-electron chi connectivity index (χ3n) is 7.70. The summed E-state index contributed by atoms with van der Waals surface area (Å²) >= 11 is 6.08. The number of ether oxygens (including phenoxy) is 1. The van der Waals surface area contributed by atoms with Crippen LogP contribution in [0.25, 0.3) is 0 Å². The van der Waals surface area contributed by atoms with E-state index < -0.39 is 6.04 Å². The van der Waals surface area contributed by atoms with Crippen LogP contribution in [0.5, 0.6) is 0 Å². The Labute approximate surface area is 214 Å². The minimum absolute atomic E-state index is 0.0661. The van der Waals surface area contributed by atoms with E-state index in [1.54, 1.807) is 12.1 Å². The van der Waals surface area contributed by atoms with E-state index in [4.69, 9.17) is 16.3 Å². The lowest BCUT2D eigenvalue weighted by Crippen LogP contribution is -2.44. The molecule has 0 spiro atoms. The highest BCUT2D eigenvalue weighted by Crippen LogP contribution is 2.46. The largest absolute Gasteiger partial charge is 0.469 e. The standard InChI is InChI=1S/C29H37ClN2O3/c1-19-10-9-13-23-26(21-11-7-5-3-4-6-8-12-21)28(32-27(19)23)29(34)31-24(18-25(33)35-2)20-14-16-22(30)17-15-20/h9-10,13-17,21,24,26,28,32H,3-8,11-12,18H2,1-2H3,(H,31,34)/t24-,26?,28?/m0/s1. The normalized spacial score (nSPS) is 21.6. The van der Waals surface area contributed by atoms with Gasteiger partial charge in [0.15, 0.2) is 0 Å². The number of anilines is 1. The molecule has 2 aliphatic rings. The van der Waals surface area contributed by atoms with Crippen LogP contribution in [0.1, 0.15) is 86.4 Å². The number of hydrogen-bond donors (Lipinski definition) is 2. The first kappa shape index (κ1) is 25.6. The van der Waals surface area contributed by atoms with E-state index in [0.29, 0.717) is 10.9 Å². The number of hydrogen-bond acceptors (Lipinski definition) is 4. The molecule has 1 saturated carbocycles. The van der Waals surface area contributed by atoms with Crippen molar-refractivity contribution in [1.82, 2.24) is 5.32 Å². The molecule has 2 unspecified atom stereocenters. The van der Waals surface area contributed by atoms with E-state index >= 15 is 0 Å². The van der Waals surface area contributed by atoms with Gasteiger partial charge in [-0.15, -0.1) is 0 Å². The number of carbonyl (C=O) groups is 2. The number of carbonyl (C=O) groups excluding carboxylic acids is 2. The summed E-state index contributed by atoms with van der Waals surface area (Å²) < 4.78 is 4.92. The number of benzene rings is 2. The molecule has 0 radical (unpaired) electrons. The van der Waals surface area contributed by atoms with Gasteiger partial charge in [0.1, 0.15) is 6.04 Å². The lowest BCUT2D eigenvalue weighted by atomic mass is 9.77. The summed E-state index contributed by atoms with van der Waals surface area (Å²) in [6.45, 7) is 2.10. The highest BCUT2D eigenvalue weighted by atomic mass is 35.5. The van der Waals surface area contributed by atoms with Gasteiger partial charge in [-0.2, -0.15) is 0 Å². The van der Waals surface area contributed by atoms with Crippen LogP contribution in [0.2, 0.25) is 5.02 Å². The van der Waals surface area contributed by atoms with Crippen molar-refractivity contribution in [1.29, 1.82) is 0 Å². The van der Waals surface area contributed by atoms with Crippen molar-refractivity contribution in [3.05, 3.63) is 64.2 Å². The number of amides is 1. The van der Waals surface area contributed by atoms with Gasteiger partial charge in [0.05, 0.1) is 19.6 Å². The predicted octanol–water partition coefficient (Wildman–Crippen LogP) is 6.70. The predicted molar refractivity (Wildman–Crippen MR) is 141 cm³/mol. The van der Waals surface area contributed by atoms with Gasteiger partial charge in [-0.3, -0.25) is 9.59 Å². The molecule has 2 aromatic rings. The van der Waals surface area contributed by atoms with Gasteiger partial charge in [0.2, 0.25) is 5.91 Å². The van der Waals surface area contributed by atoms with E-state index in [0.717, 1.165) is 29.7 Å². The van der Waals surface area contributed by atoms with Crippen LogP contribution in [0.4, 0.5) is 5.69 Å². The molecule has 0 saturated heterocycles. The van der Waals surface area contributed by atoms with Gasteiger partial charge in [0, 0.05) is 16.6 Å². The summed E-state index contributed by atoms with van der Waals surface area (Å²) in [5, 5.41) is 7.38. The summed E-state index contributed by atoms with van der Waals surface area (Å²) in [6.07, 6.45) is 9.95. The van der Waals surface area contributed by atoms with Crippen LogP contribution < -0.4 is 10.6 Å². The average Bonchev–Trinajstić information content (AvgIpc) is 3.30. The van der Waals surface area contributed by atoms with Crippen LogP contribution in [-0.4, -0.2) is 25.0 Å². The van der Waals surface area contributed by atoms with Crippen molar-refractivity contribution in [2.24, 2.45) is 5.92 Å². The van der Waals surface area contributed by atoms with Crippen LogP contribution in [0, 0.1) is 12.8 Å². The molecule has 0 aromatic heterocycles. The van der Waals surface area contributed by atoms with Crippen molar-refractivity contribution in [3.63, 3.8) is 0 Å². The van der Waals surface area contributed by atoms with Crippen molar-refractivity contribution in [3.8, 4) is 0 Å². The Bertz CT molecular complexity index is 1010. The third kappa shape index (κ3) is 6.19. The second-order valence-electron chi connectivity index (χ2n) is 10.0. The Balaban J connectivity index is 1.61. The number of aryl methyl sites for hydroxylation is 1. The molecule has 35 heavy (non-hydrogen) atoms. The van der Waals surface area contributed by atoms with Crippen molar-refractivity contribution >= 4 is 29.2 Å². The first-order valence-electron chi connectivity index (χ1n) is 13.0. The van der Waals surface area contributed by atoms with Gasteiger partial charge in [-0.25, -0.2) is 0 Å². The zero-order valence-electron chi connectivity index (χ0n) is 20.8. The molecule has 5 nitrogen and oxygen atoms in total. The summed E-state index contributed by atoms with van der Waals surface area (Å²) in [5.74, 6) is 0.131. The van der Waals surface area contributed by atoms with E-state index in [-0.39, 0.29) is 30.3 Å². The molecule has 1 aliphatic carbocycles. The third-order valence-corrected chi connectivity index (χ3v) is 7.95. The number of rotatable bonds is 6. The Kier molecular flexibility index (Phi) is 8.72. The summed E-state index contributed by atoms with van der Waals surface area (Å²) in [6, 6.07) is 12.8. The smallest absolute Gasteiger partial charge is 0.307 e.